The Labute approximate surface area is 100 Å². The SMILES string of the molecule is CC1=C(C(C)(C)C)C=CC1.[Cl][Zr][Cl]. The van der Waals surface area contributed by atoms with Gasteiger partial charge in [-0.05, 0) is 24.3 Å². The molecule has 0 N–H and O–H groups in total. The summed E-state index contributed by atoms with van der Waals surface area (Å²) in [5, 5.41) is 0. The van der Waals surface area contributed by atoms with Crippen LogP contribution >= 0.6 is 17.0 Å². The van der Waals surface area contributed by atoms with Crippen LogP contribution in [0.2, 0.25) is 0 Å². The Morgan fingerprint density at radius 1 is 1.31 bits per heavy atom. The first-order valence-corrected chi connectivity index (χ1v) is 10.6. The van der Waals surface area contributed by atoms with Gasteiger partial charge in [-0.2, -0.15) is 0 Å². The van der Waals surface area contributed by atoms with E-state index < -0.39 is 20.8 Å². The molecule has 0 aromatic carbocycles. The van der Waals surface area contributed by atoms with Crippen molar-refractivity contribution in [1.82, 2.24) is 0 Å². The first-order valence-electron chi connectivity index (χ1n) is 4.26. The van der Waals surface area contributed by atoms with Crippen LogP contribution in [0.25, 0.3) is 0 Å². The molecule has 0 atom stereocenters. The molecule has 1 aliphatic carbocycles. The van der Waals surface area contributed by atoms with Gasteiger partial charge in [-0.3, -0.25) is 0 Å². The number of hydrogen-bond acceptors (Lipinski definition) is 0. The Hall–Kier alpha value is 0.943. The number of halogens is 2. The predicted octanol–water partition coefficient (Wildman–Crippen LogP) is 4.69. The molecule has 0 saturated carbocycles. The van der Waals surface area contributed by atoms with Gasteiger partial charge < -0.3 is 0 Å². The van der Waals surface area contributed by atoms with Gasteiger partial charge in [-0.25, -0.2) is 0 Å². The number of rotatable bonds is 0. The second-order valence-electron chi connectivity index (χ2n) is 4.12. The van der Waals surface area contributed by atoms with E-state index in [1.54, 1.807) is 0 Å². The summed E-state index contributed by atoms with van der Waals surface area (Å²) in [7, 11) is 9.87. The van der Waals surface area contributed by atoms with Gasteiger partial charge >= 0.3 is 37.9 Å². The molecule has 0 saturated heterocycles. The van der Waals surface area contributed by atoms with E-state index in [-0.39, 0.29) is 0 Å². The second-order valence-corrected chi connectivity index (χ2v) is 7.85. The minimum absolute atomic E-state index is 0.344. The topological polar surface area (TPSA) is 0 Å². The summed E-state index contributed by atoms with van der Waals surface area (Å²) in [6.07, 6.45) is 5.66. The monoisotopic (exact) mass is 296 g/mol. The van der Waals surface area contributed by atoms with E-state index >= 15 is 0 Å². The molecule has 0 amide bonds. The molecule has 0 aliphatic heterocycles. The van der Waals surface area contributed by atoms with Gasteiger partial charge in [0.15, 0.2) is 0 Å². The molecule has 1 aliphatic rings. The molecule has 74 valence electrons. The Bertz CT molecular complexity index is 211. The van der Waals surface area contributed by atoms with Gasteiger partial charge in [0.25, 0.3) is 0 Å². The molecule has 0 aromatic heterocycles. The van der Waals surface area contributed by atoms with E-state index in [4.69, 9.17) is 17.0 Å². The Kier molecular flexibility index (Phi) is 6.90. The quantitative estimate of drug-likeness (QED) is 0.609. The number of allylic oxidation sites excluding steroid dienone is 4. The average molecular weight is 298 g/mol. The first kappa shape index (κ1) is 13.9. The fourth-order valence-electron chi connectivity index (χ4n) is 1.50. The van der Waals surface area contributed by atoms with Crippen LogP contribution in [0, 0.1) is 5.41 Å². The van der Waals surface area contributed by atoms with Crippen LogP contribution in [-0.2, 0) is 20.8 Å². The maximum absolute atomic E-state index is 4.93. The normalized spacial score (nSPS) is 15.5. The molecule has 0 spiro atoms. The summed E-state index contributed by atoms with van der Waals surface area (Å²) < 4.78 is 0. The summed E-state index contributed by atoms with van der Waals surface area (Å²) >= 11 is -0.826. The second kappa shape index (κ2) is 6.43. The zero-order chi connectivity index (χ0) is 10.5. The van der Waals surface area contributed by atoms with Crippen molar-refractivity contribution in [3.05, 3.63) is 23.3 Å². The van der Waals surface area contributed by atoms with Crippen LogP contribution in [0.4, 0.5) is 0 Å². The van der Waals surface area contributed by atoms with Gasteiger partial charge in [0.05, 0.1) is 0 Å². The predicted molar refractivity (Wildman–Crippen MR) is 57.6 cm³/mol. The fourth-order valence-corrected chi connectivity index (χ4v) is 1.50. The van der Waals surface area contributed by atoms with Crippen LogP contribution < -0.4 is 0 Å². The third-order valence-electron chi connectivity index (χ3n) is 1.98. The van der Waals surface area contributed by atoms with Gasteiger partial charge in [0.1, 0.15) is 0 Å². The zero-order valence-corrected chi connectivity index (χ0v) is 12.6. The molecule has 13 heavy (non-hydrogen) atoms. The van der Waals surface area contributed by atoms with Crippen molar-refractivity contribution in [2.24, 2.45) is 5.41 Å². The first-order chi connectivity index (χ1) is 5.93. The zero-order valence-electron chi connectivity index (χ0n) is 8.62. The average Bonchev–Trinajstić information content (AvgIpc) is 2.35. The van der Waals surface area contributed by atoms with Crippen LogP contribution in [0.3, 0.4) is 0 Å². The third-order valence-corrected chi connectivity index (χ3v) is 1.98. The summed E-state index contributed by atoms with van der Waals surface area (Å²) in [5.74, 6) is 0. The number of hydrogen-bond donors (Lipinski definition) is 0. The molecular formula is C10H16Cl2Zr. The summed E-state index contributed by atoms with van der Waals surface area (Å²) in [6, 6.07) is 0. The van der Waals surface area contributed by atoms with E-state index in [1.807, 2.05) is 0 Å². The molecule has 0 unspecified atom stereocenters. The van der Waals surface area contributed by atoms with Crippen molar-refractivity contribution in [3.8, 4) is 0 Å². The molecule has 0 fully saturated rings. The van der Waals surface area contributed by atoms with Gasteiger partial charge in [0.2, 0.25) is 0 Å². The molecule has 0 heterocycles. The van der Waals surface area contributed by atoms with Crippen molar-refractivity contribution in [1.29, 1.82) is 0 Å². The van der Waals surface area contributed by atoms with E-state index in [0.717, 1.165) is 6.42 Å². The molecule has 0 radical (unpaired) electrons. The van der Waals surface area contributed by atoms with E-state index in [0.29, 0.717) is 5.41 Å². The van der Waals surface area contributed by atoms with Gasteiger partial charge in [-0.1, -0.05) is 38.5 Å². The maximum atomic E-state index is 4.93. The Balaban J connectivity index is 0.000000424. The Morgan fingerprint density at radius 2 is 1.77 bits per heavy atom. The van der Waals surface area contributed by atoms with Gasteiger partial charge in [0, 0.05) is 0 Å². The minimum atomic E-state index is -0.826. The molecular weight excluding hydrogens is 282 g/mol. The van der Waals surface area contributed by atoms with Crippen LogP contribution in [0.5, 0.6) is 0 Å². The summed E-state index contributed by atoms with van der Waals surface area (Å²) in [4.78, 5) is 0. The van der Waals surface area contributed by atoms with E-state index in [9.17, 15) is 0 Å². The molecule has 0 nitrogen and oxygen atoms in total. The summed E-state index contributed by atoms with van der Waals surface area (Å²) in [6.45, 7) is 9.02. The van der Waals surface area contributed by atoms with Crippen molar-refractivity contribution in [2.45, 2.75) is 34.1 Å². The van der Waals surface area contributed by atoms with E-state index in [2.05, 4.69) is 39.8 Å². The summed E-state index contributed by atoms with van der Waals surface area (Å²) in [5.41, 5.74) is 3.40. The molecule has 1 rings (SSSR count). The van der Waals surface area contributed by atoms with E-state index in [1.165, 1.54) is 11.1 Å². The molecule has 0 bridgehead atoms. The molecule has 0 aromatic rings. The van der Waals surface area contributed by atoms with Crippen molar-refractivity contribution in [3.63, 3.8) is 0 Å². The third kappa shape index (κ3) is 5.40. The van der Waals surface area contributed by atoms with Gasteiger partial charge in [-0.15, -0.1) is 0 Å². The van der Waals surface area contributed by atoms with Crippen LogP contribution in [0.15, 0.2) is 23.3 Å². The van der Waals surface area contributed by atoms with Crippen molar-refractivity contribution < 1.29 is 20.8 Å². The fraction of sp³-hybridized carbons (Fsp3) is 0.600. The molecule has 3 heteroatoms. The Morgan fingerprint density at radius 3 is 1.92 bits per heavy atom. The van der Waals surface area contributed by atoms with Crippen LogP contribution in [-0.4, -0.2) is 0 Å². The standard InChI is InChI=1S/C10H16.2ClH.Zr/c1-8-6-5-7-9(8)10(2,3)4;;;/h5,7H,6H2,1-4H3;2*1H;/q;;;+2/p-2. The van der Waals surface area contributed by atoms with Crippen LogP contribution in [0.1, 0.15) is 34.1 Å². The van der Waals surface area contributed by atoms with Crippen molar-refractivity contribution >= 4 is 17.0 Å². The van der Waals surface area contributed by atoms with Crippen molar-refractivity contribution in [2.75, 3.05) is 0 Å².